The lowest BCUT2D eigenvalue weighted by molar-refractivity contribution is 0.0955. The highest BCUT2D eigenvalue weighted by Crippen LogP contribution is 2.37. The van der Waals surface area contributed by atoms with Crippen LogP contribution < -0.4 is 19.8 Å². The Morgan fingerprint density at radius 3 is 2.44 bits per heavy atom. The fourth-order valence-corrected chi connectivity index (χ4v) is 4.62. The Morgan fingerprint density at radius 2 is 1.75 bits per heavy atom. The van der Waals surface area contributed by atoms with Gasteiger partial charge in [0.1, 0.15) is 6.61 Å². The average Bonchev–Trinajstić information content (AvgIpc) is 3.40. The molecule has 9 heteroatoms. The minimum absolute atomic E-state index is 0.190. The first-order chi connectivity index (χ1) is 17.4. The first-order valence-corrected chi connectivity index (χ1v) is 12.8. The van der Waals surface area contributed by atoms with Crippen molar-refractivity contribution < 1.29 is 14.3 Å². The molecule has 0 atom stereocenters. The van der Waals surface area contributed by atoms with Gasteiger partial charge in [0.15, 0.2) is 11.5 Å². The minimum atomic E-state index is -0.296. The van der Waals surface area contributed by atoms with Crippen molar-refractivity contribution in [2.75, 3.05) is 24.6 Å². The van der Waals surface area contributed by atoms with E-state index in [-0.39, 0.29) is 12.5 Å². The molecule has 188 valence electrons. The second-order valence-electron chi connectivity index (χ2n) is 8.23. The number of hydrazone groups is 1. The van der Waals surface area contributed by atoms with Crippen molar-refractivity contribution in [3.63, 3.8) is 0 Å². The molecule has 0 aromatic heterocycles. The number of hydrogen-bond acceptors (Lipinski definition) is 5. The summed E-state index contributed by atoms with van der Waals surface area (Å²) in [4.78, 5) is 14.8. The number of amides is 1. The maximum Gasteiger partial charge on any atom is 0.271 e. The molecule has 1 saturated heterocycles. The molecule has 1 amide bonds. The van der Waals surface area contributed by atoms with Crippen LogP contribution >= 0.6 is 34.8 Å². The molecule has 4 rings (SSSR count). The highest BCUT2D eigenvalue weighted by Gasteiger charge is 2.15. The normalized spacial score (nSPS) is 13.3. The molecule has 0 spiro atoms. The fraction of sp³-hybridized carbons (Fsp3) is 0.259. The predicted octanol–water partition coefficient (Wildman–Crippen LogP) is 6.99. The van der Waals surface area contributed by atoms with Gasteiger partial charge in [-0.25, -0.2) is 5.43 Å². The summed E-state index contributed by atoms with van der Waals surface area (Å²) in [5.41, 5.74) is 5.63. The Kier molecular flexibility index (Phi) is 8.97. The highest BCUT2D eigenvalue weighted by molar-refractivity contribution is 6.35. The van der Waals surface area contributed by atoms with E-state index in [1.165, 1.54) is 19.1 Å². The lowest BCUT2D eigenvalue weighted by Crippen LogP contribution is -2.19. The van der Waals surface area contributed by atoms with E-state index in [0.717, 1.165) is 24.3 Å². The number of nitrogens with one attached hydrogen (secondary N) is 1. The van der Waals surface area contributed by atoms with Crippen molar-refractivity contribution in [3.05, 3.63) is 86.4 Å². The van der Waals surface area contributed by atoms with Crippen LogP contribution in [-0.4, -0.2) is 31.8 Å². The number of anilines is 1. The summed E-state index contributed by atoms with van der Waals surface area (Å²) < 4.78 is 11.7. The zero-order chi connectivity index (χ0) is 25.5. The Morgan fingerprint density at radius 1 is 1.00 bits per heavy atom. The summed E-state index contributed by atoms with van der Waals surface area (Å²) in [7, 11) is 0. The molecule has 0 unspecified atom stereocenters. The predicted molar refractivity (Wildman–Crippen MR) is 146 cm³/mol. The van der Waals surface area contributed by atoms with E-state index in [9.17, 15) is 4.79 Å². The number of benzene rings is 3. The first kappa shape index (κ1) is 26.1. The van der Waals surface area contributed by atoms with E-state index in [1.54, 1.807) is 30.3 Å². The van der Waals surface area contributed by atoms with Crippen LogP contribution in [0.1, 0.15) is 41.3 Å². The van der Waals surface area contributed by atoms with Crippen molar-refractivity contribution in [3.8, 4) is 11.5 Å². The van der Waals surface area contributed by atoms with E-state index in [0.29, 0.717) is 44.3 Å². The van der Waals surface area contributed by atoms with Gasteiger partial charge in [-0.05, 0) is 73.9 Å². The third-order valence-corrected chi connectivity index (χ3v) is 6.57. The number of ether oxygens (including phenoxy) is 2. The Bertz CT molecular complexity index is 1240. The maximum atomic E-state index is 12.5. The van der Waals surface area contributed by atoms with Crippen LogP contribution in [0.25, 0.3) is 0 Å². The lowest BCUT2D eigenvalue weighted by Gasteiger charge is -2.17. The monoisotopic (exact) mass is 545 g/mol. The van der Waals surface area contributed by atoms with Gasteiger partial charge in [0, 0.05) is 39.9 Å². The molecule has 3 aromatic rings. The van der Waals surface area contributed by atoms with Crippen molar-refractivity contribution in [2.45, 2.75) is 26.4 Å². The fourth-order valence-electron chi connectivity index (χ4n) is 3.88. The zero-order valence-electron chi connectivity index (χ0n) is 19.8. The number of carbonyl (C=O) groups is 1. The number of halogens is 3. The van der Waals surface area contributed by atoms with Gasteiger partial charge in [0.05, 0.1) is 17.8 Å². The maximum absolute atomic E-state index is 12.5. The van der Waals surface area contributed by atoms with E-state index in [2.05, 4.69) is 15.4 Å². The van der Waals surface area contributed by atoms with Crippen LogP contribution in [0.15, 0.2) is 59.7 Å². The molecule has 1 aliphatic rings. The number of carbonyl (C=O) groups excluding carboxylic acids is 1. The molecule has 1 heterocycles. The van der Waals surface area contributed by atoms with Crippen LogP contribution in [-0.2, 0) is 6.61 Å². The molecule has 1 fully saturated rings. The number of hydrogen-bond donors (Lipinski definition) is 1. The third-order valence-electron chi connectivity index (χ3n) is 5.70. The molecule has 1 N–H and O–H groups in total. The van der Waals surface area contributed by atoms with Gasteiger partial charge in [-0.3, -0.25) is 4.79 Å². The van der Waals surface area contributed by atoms with Crippen molar-refractivity contribution in [1.82, 2.24) is 5.43 Å². The SMILES string of the molecule is CCOc1cc(/C=N\NC(=O)c2ccc(N3CCCC3)cc2)cc(Cl)c1OCc1ccc(Cl)cc1Cl. The molecular formula is C27H26Cl3N3O3. The van der Waals surface area contributed by atoms with E-state index < -0.39 is 0 Å². The molecule has 36 heavy (non-hydrogen) atoms. The molecular weight excluding hydrogens is 521 g/mol. The summed E-state index contributed by atoms with van der Waals surface area (Å²) in [5, 5.41) is 5.48. The number of rotatable bonds is 9. The van der Waals surface area contributed by atoms with Crippen LogP contribution in [0.3, 0.4) is 0 Å². The van der Waals surface area contributed by atoms with E-state index in [1.807, 2.05) is 31.2 Å². The Labute approximate surface area is 225 Å². The minimum Gasteiger partial charge on any atom is -0.490 e. The second kappa shape index (κ2) is 12.3. The topological polar surface area (TPSA) is 63.2 Å². The lowest BCUT2D eigenvalue weighted by atomic mass is 10.2. The van der Waals surface area contributed by atoms with Crippen LogP contribution in [0.4, 0.5) is 5.69 Å². The summed E-state index contributed by atoms with van der Waals surface area (Å²) >= 11 is 18.7. The largest absolute Gasteiger partial charge is 0.490 e. The molecule has 0 radical (unpaired) electrons. The molecule has 0 aliphatic carbocycles. The quantitative estimate of drug-likeness (QED) is 0.232. The van der Waals surface area contributed by atoms with Gasteiger partial charge in [-0.1, -0.05) is 40.9 Å². The van der Waals surface area contributed by atoms with Gasteiger partial charge in [0.25, 0.3) is 5.91 Å². The van der Waals surface area contributed by atoms with Crippen molar-refractivity contribution >= 4 is 52.6 Å². The molecule has 3 aromatic carbocycles. The summed E-state index contributed by atoms with van der Waals surface area (Å²) in [6.07, 6.45) is 3.91. The smallest absolute Gasteiger partial charge is 0.271 e. The van der Waals surface area contributed by atoms with Gasteiger partial charge >= 0.3 is 0 Å². The molecule has 1 aliphatic heterocycles. The molecule has 6 nitrogen and oxygen atoms in total. The zero-order valence-corrected chi connectivity index (χ0v) is 22.0. The van der Waals surface area contributed by atoms with E-state index >= 15 is 0 Å². The van der Waals surface area contributed by atoms with Gasteiger partial charge in [0.2, 0.25) is 0 Å². The molecule has 0 saturated carbocycles. The molecule has 0 bridgehead atoms. The second-order valence-corrected chi connectivity index (χ2v) is 9.48. The Balaban J connectivity index is 1.41. The van der Waals surface area contributed by atoms with Crippen molar-refractivity contribution in [2.24, 2.45) is 5.10 Å². The van der Waals surface area contributed by atoms with Crippen LogP contribution in [0.5, 0.6) is 11.5 Å². The first-order valence-electron chi connectivity index (χ1n) is 11.7. The van der Waals surface area contributed by atoms with Crippen molar-refractivity contribution in [1.29, 1.82) is 0 Å². The summed E-state index contributed by atoms with van der Waals surface area (Å²) in [5.74, 6) is 0.555. The Hall–Kier alpha value is -2.93. The van der Waals surface area contributed by atoms with E-state index in [4.69, 9.17) is 44.3 Å². The third kappa shape index (κ3) is 6.64. The van der Waals surface area contributed by atoms with Gasteiger partial charge in [-0.2, -0.15) is 5.10 Å². The van der Waals surface area contributed by atoms with Gasteiger partial charge in [-0.15, -0.1) is 0 Å². The summed E-state index contributed by atoms with van der Waals surface area (Å²) in [6.45, 7) is 4.58. The number of nitrogens with zero attached hydrogens (tertiary/aromatic N) is 2. The standard InChI is InChI=1S/C27H26Cl3N3O3/c1-2-35-25-14-18(13-24(30)26(25)36-17-20-5-8-21(28)15-23(20)29)16-31-32-27(34)19-6-9-22(10-7-19)33-11-3-4-12-33/h5-10,13-16H,2-4,11-12,17H2,1H3,(H,32,34)/b31-16-. The average molecular weight is 547 g/mol. The van der Waals surface area contributed by atoms with Crippen LogP contribution in [0.2, 0.25) is 15.1 Å². The summed E-state index contributed by atoms with van der Waals surface area (Å²) in [6, 6.07) is 16.2. The van der Waals surface area contributed by atoms with Gasteiger partial charge < -0.3 is 14.4 Å². The highest BCUT2D eigenvalue weighted by atomic mass is 35.5. The van der Waals surface area contributed by atoms with Crippen LogP contribution in [0, 0.1) is 0 Å².